The highest BCUT2D eigenvalue weighted by atomic mass is 35.5. The normalized spacial score (nSPS) is 21.3. The Balaban J connectivity index is 2.14. The number of halogens is 2. The second-order valence-corrected chi connectivity index (χ2v) is 12.5. The zero-order valence-corrected chi connectivity index (χ0v) is 23.3. The van der Waals surface area contributed by atoms with E-state index in [1.54, 1.807) is 67.5 Å². The van der Waals surface area contributed by atoms with Crippen LogP contribution >= 0.6 is 23.2 Å². The monoisotopic (exact) mass is 570 g/mol. The number of hydrogen-bond acceptors (Lipinski definition) is 6. The number of benzene rings is 2. The minimum Gasteiger partial charge on any atom is -0.481 e. The fraction of sp³-hybridized carbons (Fsp3) is 0.462. The number of morpholine rings is 1. The quantitative estimate of drug-likeness (QED) is 0.431. The van der Waals surface area contributed by atoms with E-state index in [4.69, 9.17) is 27.9 Å². The standard InChI is InChI=1S/C26H32Cl2N2O6S/c1-4-21(16-37(34,35)13-12-29(2)3)30-24(17-8-10-19(27)11-9-17)25(18-6-5-7-20(28)14-18)36-22(26(30)33)15-23(31)32/h5-11,14,21-22,24-25H,4,12-13,15-16H2,1-3H3,(H,31,32)/t21?,22-,24-,25-/m1/s1. The van der Waals surface area contributed by atoms with Crippen LogP contribution in [-0.2, 0) is 24.2 Å². The smallest absolute Gasteiger partial charge is 0.306 e. The molecule has 0 saturated carbocycles. The first-order valence-electron chi connectivity index (χ1n) is 12.0. The first kappa shape index (κ1) is 29.4. The summed E-state index contributed by atoms with van der Waals surface area (Å²) in [5.41, 5.74) is 1.33. The molecule has 0 aromatic heterocycles. The van der Waals surface area contributed by atoms with Crippen molar-refractivity contribution in [3.63, 3.8) is 0 Å². The molecule has 11 heteroatoms. The molecule has 1 heterocycles. The average molecular weight is 572 g/mol. The van der Waals surface area contributed by atoms with Gasteiger partial charge in [0, 0.05) is 22.6 Å². The molecule has 3 rings (SSSR count). The van der Waals surface area contributed by atoms with E-state index in [0.29, 0.717) is 34.1 Å². The minimum absolute atomic E-state index is 0.0586. The van der Waals surface area contributed by atoms with Crippen LogP contribution in [0, 0.1) is 0 Å². The second-order valence-electron chi connectivity index (χ2n) is 9.42. The number of carbonyl (C=O) groups is 2. The molecule has 0 bridgehead atoms. The number of ether oxygens (including phenoxy) is 1. The van der Waals surface area contributed by atoms with Crippen molar-refractivity contribution in [2.24, 2.45) is 0 Å². The molecule has 1 unspecified atom stereocenters. The molecule has 37 heavy (non-hydrogen) atoms. The number of nitrogens with zero attached hydrogens (tertiary/aromatic N) is 2. The third-order valence-electron chi connectivity index (χ3n) is 6.34. The SMILES string of the molecule is CCC(CS(=O)(=O)CCN(C)C)N1C(=O)[C@@H](CC(=O)O)O[C@H](c2cccc(Cl)c2)[C@H]1c1ccc(Cl)cc1. The van der Waals surface area contributed by atoms with Crippen molar-refractivity contribution in [2.75, 3.05) is 32.1 Å². The van der Waals surface area contributed by atoms with Crippen molar-refractivity contribution in [3.8, 4) is 0 Å². The summed E-state index contributed by atoms with van der Waals surface area (Å²) in [5.74, 6) is -2.07. The Labute approximate surface area is 228 Å². The van der Waals surface area contributed by atoms with Crippen LogP contribution < -0.4 is 0 Å². The van der Waals surface area contributed by atoms with E-state index in [1.165, 1.54) is 4.90 Å². The van der Waals surface area contributed by atoms with E-state index in [1.807, 2.05) is 6.92 Å². The Morgan fingerprint density at radius 2 is 1.78 bits per heavy atom. The highest BCUT2D eigenvalue weighted by molar-refractivity contribution is 7.91. The summed E-state index contributed by atoms with van der Waals surface area (Å²) in [7, 11) is 0.0479. The van der Waals surface area contributed by atoms with E-state index in [-0.39, 0.29) is 11.5 Å². The van der Waals surface area contributed by atoms with Gasteiger partial charge in [0.15, 0.2) is 9.84 Å². The van der Waals surface area contributed by atoms with Crippen molar-refractivity contribution < 1.29 is 27.9 Å². The summed E-state index contributed by atoms with van der Waals surface area (Å²) < 4.78 is 32.3. The van der Waals surface area contributed by atoms with Gasteiger partial charge in [-0.2, -0.15) is 0 Å². The van der Waals surface area contributed by atoms with Crippen LogP contribution in [0.15, 0.2) is 48.5 Å². The first-order chi connectivity index (χ1) is 17.4. The number of carboxylic acids is 1. The number of amides is 1. The third-order valence-corrected chi connectivity index (χ3v) is 8.52. The Morgan fingerprint density at radius 3 is 2.35 bits per heavy atom. The van der Waals surface area contributed by atoms with Crippen molar-refractivity contribution in [1.29, 1.82) is 0 Å². The first-order valence-corrected chi connectivity index (χ1v) is 14.5. The minimum atomic E-state index is -3.54. The highest BCUT2D eigenvalue weighted by Crippen LogP contribution is 2.44. The lowest BCUT2D eigenvalue weighted by atomic mass is 9.89. The lowest BCUT2D eigenvalue weighted by Crippen LogP contribution is -2.56. The molecule has 0 spiro atoms. The number of carbonyl (C=O) groups excluding carboxylic acids is 1. The Hall–Kier alpha value is -2.17. The highest BCUT2D eigenvalue weighted by Gasteiger charge is 2.47. The van der Waals surface area contributed by atoms with Crippen LogP contribution in [0.25, 0.3) is 0 Å². The number of aliphatic carboxylic acids is 1. The van der Waals surface area contributed by atoms with Crippen molar-refractivity contribution in [2.45, 2.75) is 44.1 Å². The Bertz CT molecular complexity index is 1210. The van der Waals surface area contributed by atoms with Gasteiger partial charge < -0.3 is 19.6 Å². The summed E-state index contributed by atoms with van der Waals surface area (Å²) in [6.07, 6.45) is -2.29. The summed E-state index contributed by atoms with van der Waals surface area (Å²) >= 11 is 12.4. The molecule has 8 nitrogen and oxygen atoms in total. The lowest BCUT2D eigenvalue weighted by Gasteiger charge is -2.48. The second kappa shape index (κ2) is 12.6. The molecule has 1 fully saturated rings. The fourth-order valence-electron chi connectivity index (χ4n) is 4.49. The summed E-state index contributed by atoms with van der Waals surface area (Å²) in [6.45, 7) is 2.16. The van der Waals surface area contributed by atoms with E-state index in [9.17, 15) is 23.1 Å². The molecular formula is C26H32Cl2N2O6S. The summed E-state index contributed by atoms with van der Waals surface area (Å²) in [5, 5.41) is 10.5. The molecule has 0 radical (unpaired) electrons. The maximum atomic E-state index is 13.8. The molecule has 2 aromatic rings. The Kier molecular flexibility index (Phi) is 9.99. The predicted molar refractivity (Wildman–Crippen MR) is 144 cm³/mol. The van der Waals surface area contributed by atoms with Gasteiger partial charge in [-0.05, 0) is 55.9 Å². The topological polar surface area (TPSA) is 104 Å². The zero-order chi connectivity index (χ0) is 27.3. The van der Waals surface area contributed by atoms with Gasteiger partial charge in [0.05, 0.1) is 24.0 Å². The largest absolute Gasteiger partial charge is 0.481 e. The van der Waals surface area contributed by atoms with Crippen LogP contribution in [-0.4, -0.2) is 79.5 Å². The molecular weight excluding hydrogens is 539 g/mol. The third kappa shape index (κ3) is 7.67. The molecule has 1 N–H and O–H groups in total. The molecule has 1 amide bonds. The zero-order valence-electron chi connectivity index (χ0n) is 21.0. The van der Waals surface area contributed by atoms with Gasteiger partial charge >= 0.3 is 5.97 Å². The van der Waals surface area contributed by atoms with E-state index in [2.05, 4.69) is 0 Å². The molecule has 0 aliphatic carbocycles. The fourth-order valence-corrected chi connectivity index (χ4v) is 6.61. The lowest BCUT2D eigenvalue weighted by molar-refractivity contribution is -0.182. The molecule has 202 valence electrons. The summed E-state index contributed by atoms with van der Waals surface area (Å²) in [4.78, 5) is 28.7. The molecule has 1 saturated heterocycles. The van der Waals surface area contributed by atoms with Crippen LogP contribution in [0.3, 0.4) is 0 Å². The number of rotatable bonds is 11. The van der Waals surface area contributed by atoms with Gasteiger partial charge in [0.2, 0.25) is 0 Å². The van der Waals surface area contributed by atoms with Gasteiger partial charge in [0.1, 0.15) is 12.2 Å². The van der Waals surface area contributed by atoms with Crippen molar-refractivity contribution >= 4 is 44.9 Å². The maximum Gasteiger partial charge on any atom is 0.306 e. The van der Waals surface area contributed by atoms with Crippen LogP contribution in [0.4, 0.5) is 0 Å². The molecule has 1 aliphatic heterocycles. The Morgan fingerprint density at radius 1 is 1.11 bits per heavy atom. The molecule has 2 aromatic carbocycles. The maximum absolute atomic E-state index is 13.8. The van der Waals surface area contributed by atoms with Gasteiger partial charge in [-0.25, -0.2) is 8.42 Å². The average Bonchev–Trinajstić information content (AvgIpc) is 2.83. The number of carboxylic acid groups (broad SMARTS) is 1. The van der Waals surface area contributed by atoms with Gasteiger partial charge in [-0.1, -0.05) is 54.4 Å². The van der Waals surface area contributed by atoms with Crippen LogP contribution in [0.2, 0.25) is 10.0 Å². The number of hydrogen-bond donors (Lipinski definition) is 1. The van der Waals surface area contributed by atoms with Gasteiger partial charge in [-0.3, -0.25) is 9.59 Å². The van der Waals surface area contributed by atoms with E-state index >= 15 is 0 Å². The molecule has 1 aliphatic rings. The van der Waals surface area contributed by atoms with Gasteiger partial charge in [0.25, 0.3) is 5.91 Å². The van der Waals surface area contributed by atoms with Crippen LogP contribution in [0.5, 0.6) is 0 Å². The van der Waals surface area contributed by atoms with Gasteiger partial charge in [-0.15, -0.1) is 0 Å². The predicted octanol–water partition coefficient (Wildman–Crippen LogP) is 4.23. The summed E-state index contributed by atoms with van der Waals surface area (Å²) in [6, 6.07) is 12.4. The number of sulfone groups is 1. The van der Waals surface area contributed by atoms with Crippen molar-refractivity contribution in [3.05, 3.63) is 69.7 Å². The van der Waals surface area contributed by atoms with E-state index < -0.39 is 52.4 Å². The van der Waals surface area contributed by atoms with Crippen LogP contribution in [0.1, 0.15) is 43.0 Å². The van der Waals surface area contributed by atoms with E-state index in [0.717, 1.165) is 0 Å². The van der Waals surface area contributed by atoms with Crippen molar-refractivity contribution in [1.82, 2.24) is 9.80 Å². The molecule has 4 atom stereocenters.